The van der Waals surface area contributed by atoms with Gasteiger partial charge in [0.15, 0.2) is 0 Å². The van der Waals surface area contributed by atoms with Crippen LogP contribution in [-0.2, 0) is 32.5 Å². The Morgan fingerprint density at radius 2 is 1.84 bits per heavy atom. The van der Waals surface area contributed by atoms with Gasteiger partial charge in [0, 0.05) is 43.0 Å². The number of sulfonamides is 1. The minimum atomic E-state index is -4.03. The Morgan fingerprint density at radius 1 is 1.16 bits per heavy atom. The van der Waals surface area contributed by atoms with Crippen LogP contribution in [0.15, 0.2) is 47.6 Å². The molecule has 0 radical (unpaired) electrons. The van der Waals surface area contributed by atoms with Crippen molar-refractivity contribution in [3.8, 4) is 0 Å². The average molecular weight is 457 g/mol. The summed E-state index contributed by atoms with van der Waals surface area (Å²) >= 11 is 0. The summed E-state index contributed by atoms with van der Waals surface area (Å²) in [6, 6.07) is 9.98. The molecule has 1 aliphatic rings. The van der Waals surface area contributed by atoms with Crippen LogP contribution in [0.3, 0.4) is 0 Å². The molecule has 3 aromatic rings. The van der Waals surface area contributed by atoms with E-state index in [9.17, 15) is 13.2 Å². The van der Waals surface area contributed by atoms with Crippen molar-refractivity contribution in [3.05, 3.63) is 54.1 Å². The highest BCUT2D eigenvalue weighted by Crippen LogP contribution is 2.35. The lowest BCUT2D eigenvalue weighted by molar-refractivity contribution is -0.145. The number of rotatable bonds is 5. The zero-order valence-corrected chi connectivity index (χ0v) is 19.8. The summed E-state index contributed by atoms with van der Waals surface area (Å²) in [4.78, 5) is 19.2. The molecular formula is C23H28N4O4S. The van der Waals surface area contributed by atoms with Crippen molar-refractivity contribution in [3.63, 3.8) is 0 Å². The molecule has 0 spiro atoms. The lowest BCUT2D eigenvalue weighted by atomic mass is 10.1. The number of benzene rings is 2. The van der Waals surface area contributed by atoms with E-state index in [-0.39, 0.29) is 23.9 Å². The summed E-state index contributed by atoms with van der Waals surface area (Å²) in [6.45, 7) is 4.08. The van der Waals surface area contributed by atoms with Gasteiger partial charge in [-0.3, -0.25) is 4.79 Å². The number of aromatic nitrogens is 2. The number of hydrogen-bond acceptors (Lipinski definition) is 6. The van der Waals surface area contributed by atoms with Crippen molar-refractivity contribution in [2.45, 2.75) is 43.8 Å². The molecule has 170 valence electrons. The van der Waals surface area contributed by atoms with Crippen LogP contribution in [-0.4, -0.2) is 55.5 Å². The minimum Gasteiger partial charge on any atom is -0.468 e. The molecule has 1 aliphatic heterocycles. The van der Waals surface area contributed by atoms with Crippen LogP contribution in [0.2, 0.25) is 0 Å². The zero-order chi connectivity index (χ0) is 23.2. The van der Waals surface area contributed by atoms with Gasteiger partial charge in [-0.05, 0) is 26.0 Å². The first-order valence-electron chi connectivity index (χ1n) is 10.5. The fourth-order valence-electron chi connectivity index (χ4n) is 4.35. The molecule has 0 aliphatic carbocycles. The molecule has 1 aromatic heterocycles. The summed E-state index contributed by atoms with van der Waals surface area (Å²) in [5.41, 5.74) is 2.45. The maximum atomic E-state index is 14.0. The molecule has 32 heavy (non-hydrogen) atoms. The zero-order valence-electron chi connectivity index (χ0n) is 18.9. The molecule has 2 heterocycles. The maximum absolute atomic E-state index is 14.0. The minimum absolute atomic E-state index is 0.0549. The van der Waals surface area contributed by atoms with Gasteiger partial charge in [0.2, 0.25) is 10.0 Å². The maximum Gasteiger partial charge on any atom is 0.324 e. The van der Waals surface area contributed by atoms with Gasteiger partial charge in [-0.15, -0.1) is 0 Å². The van der Waals surface area contributed by atoms with E-state index in [1.807, 2.05) is 55.6 Å². The van der Waals surface area contributed by atoms with Crippen LogP contribution in [0.1, 0.15) is 31.3 Å². The number of esters is 1. The van der Waals surface area contributed by atoms with Gasteiger partial charge in [-0.25, -0.2) is 13.4 Å². The molecule has 1 atom stereocenters. The number of carbonyl (C=O) groups is 1. The van der Waals surface area contributed by atoms with Crippen molar-refractivity contribution in [1.29, 1.82) is 0 Å². The highest BCUT2D eigenvalue weighted by atomic mass is 32.2. The van der Waals surface area contributed by atoms with Gasteiger partial charge < -0.3 is 14.2 Å². The summed E-state index contributed by atoms with van der Waals surface area (Å²) in [6.07, 6.45) is 1.88. The fraction of sp³-hybridized carbons (Fsp3) is 0.391. The molecule has 0 N–H and O–H groups in total. The smallest absolute Gasteiger partial charge is 0.324 e. The van der Waals surface area contributed by atoms with Crippen LogP contribution in [0.5, 0.6) is 0 Å². The van der Waals surface area contributed by atoms with Gasteiger partial charge >= 0.3 is 5.97 Å². The molecule has 0 fully saturated rings. The Morgan fingerprint density at radius 3 is 2.50 bits per heavy atom. The second-order valence-electron chi connectivity index (χ2n) is 8.46. The van der Waals surface area contributed by atoms with Crippen molar-refractivity contribution >= 4 is 32.5 Å². The quantitative estimate of drug-likeness (QED) is 0.549. The number of methoxy groups -OCH3 is 1. The number of carbonyl (C=O) groups excluding carboxylic acids is 1. The number of anilines is 1. The first-order valence-corrected chi connectivity index (χ1v) is 11.9. The van der Waals surface area contributed by atoms with E-state index < -0.39 is 22.0 Å². The molecule has 4 rings (SSSR count). The van der Waals surface area contributed by atoms with E-state index in [2.05, 4.69) is 4.98 Å². The lowest BCUT2D eigenvalue weighted by Gasteiger charge is -2.33. The van der Waals surface area contributed by atoms with E-state index in [0.29, 0.717) is 5.39 Å². The highest BCUT2D eigenvalue weighted by molar-refractivity contribution is 7.89. The predicted octanol–water partition coefficient (Wildman–Crippen LogP) is 2.97. The Kier molecular flexibility index (Phi) is 5.72. The second kappa shape index (κ2) is 8.22. The number of hydrogen-bond donors (Lipinski definition) is 0. The average Bonchev–Trinajstić information content (AvgIpc) is 3.20. The van der Waals surface area contributed by atoms with Crippen LogP contribution >= 0.6 is 0 Å². The molecule has 0 saturated carbocycles. The van der Waals surface area contributed by atoms with Crippen molar-refractivity contribution in [1.82, 2.24) is 13.9 Å². The van der Waals surface area contributed by atoms with Crippen molar-refractivity contribution in [2.24, 2.45) is 0 Å². The fourth-order valence-corrected chi connectivity index (χ4v) is 6.10. The SMILES string of the molecule is COC(=O)C1Cc2ncn(C(C)C)c2CN1S(=O)(=O)c1cccc2c(N(C)C)cccc12. The topological polar surface area (TPSA) is 84.7 Å². The third-order valence-electron chi connectivity index (χ3n) is 5.98. The van der Waals surface area contributed by atoms with Crippen LogP contribution < -0.4 is 4.90 Å². The van der Waals surface area contributed by atoms with Gasteiger partial charge in [0.05, 0.1) is 36.3 Å². The lowest BCUT2D eigenvalue weighted by Crippen LogP contribution is -2.49. The number of fused-ring (bicyclic) bond motifs is 2. The summed E-state index contributed by atoms with van der Waals surface area (Å²) in [5, 5.41) is 1.45. The van der Waals surface area contributed by atoms with Gasteiger partial charge in [0.25, 0.3) is 0 Å². The predicted molar refractivity (Wildman–Crippen MR) is 123 cm³/mol. The van der Waals surface area contributed by atoms with E-state index in [1.165, 1.54) is 11.4 Å². The Balaban J connectivity index is 1.89. The van der Waals surface area contributed by atoms with Crippen LogP contribution in [0.25, 0.3) is 10.8 Å². The summed E-state index contributed by atoms with van der Waals surface area (Å²) < 4.78 is 36.2. The van der Waals surface area contributed by atoms with Crippen LogP contribution in [0, 0.1) is 0 Å². The Bertz CT molecular complexity index is 1280. The molecule has 9 heteroatoms. The van der Waals surface area contributed by atoms with Gasteiger partial charge in [-0.1, -0.05) is 24.3 Å². The van der Waals surface area contributed by atoms with E-state index in [0.717, 1.165) is 22.5 Å². The Hall–Kier alpha value is -2.91. The number of imidazole rings is 1. The molecule has 8 nitrogen and oxygen atoms in total. The summed E-state index contributed by atoms with van der Waals surface area (Å²) in [5.74, 6) is -0.590. The first-order chi connectivity index (χ1) is 15.2. The second-order valence-corrected chi connectivity index (χ2v) is 10.3. The van der Waals surface area contributed by atoms with Gasteiger partial charge in [-0.2, -0.15) is 4.31 Å². The van der Waals surface area contributed by atoms with E-state index >= 15 is 0 Å². The Labute approximate surface area is 188 Å². The third kappa shape index (κ3) is 3.55. The van der Waals surface area contributed by atoms with E-state index in [4.69, 9.17) is 4.74 Å². The molecule has 2 aromatic carbocycles. The third-order valence-corrected chi connectivity index (χ3v) is 7.89. The number of nitrogens with zero attached hydrogens (tertiary/aromatic N) is 4. The molecule has 0 amide bonds. The van der Waals surface area contributed by atoms with Gasteiger partial charge in [0.1, 0.15) is 6.04 Å². The van der Waals surface area contributed by atoms with Crippen LogP contribution in [0.4, 0.5) is 5.69 Å². The van der Waals surface area contributed by atoms with Crippen molar-refractivity contribution < 1.29 is 17.9 Å². The van der Waals surface area contributed by atoms with Crippen molar-refractivity contribution in [2.75, 3.05) is 26.1 Å². The molecular weight excluding hydrogens is 428 g/mol. The molecule has 0 saturated heterocycles. The standard InChI is InChI=1S/C23H28N4O4S/c1-15(2)26-14-24-18-12-20(23(28)31-5)27(13-21(18)26)32(29,30)22-11-7-8-16-17(22)9-6-10-19(16)25(3)4/h6-11,14-15,20H,12-13H2,1-5H3. The molecule has 0 bridgehead atoms. The molecule has 1 unspecified atom stereocenters. The monoisotopic (exact) mass is 456 g/mol. The first kappa shape index (κ1) is 22.3. The normalized spacial score (nSPS) is 16.9. The largest absolute Gasteiger partial charge is 0.468 e. The van der Waals surface area contributed by atoms with E-state index in [1.54, 1.807) is 24.5 Å². The number of ether oxygens (including phenoxy) is 1. The summed E-state index contributed by atoms with van der Waals surface area (Å²) in [7, 11) is 1.09. The highest BCUT2D eigenvalue weighted by Gasteiger charge is 2.42.